The first-order chi connectivity index (χ1) is 10.9. The maximum Gasteiger partial charge on any atom is 0.323 e. The summed E-state index contributed by atoms with van der Waals surface area (Å²) in [6.07, 6.45) is 3.20. The fourth-order valence-corrected chi connectivity index (χ4v) is 3.33. The number of carboxylic acid groups (broad SMARTS) is 1. The van der Waals surface area contributed by atoms with Crippen molar-refractivity contribution < 1.29 is 24.2 Å². The number of hydrogen-bond acceptors (Lipinski definition) is 5. The van der Waals surface area contributed by atoms with E-state index in [1.54, 1.807) is 24.3 Å². The smallest absolute Gasteiger partial charge is 0.323 e. The van der Waals surface area contributed by atoms with E-state index in [1.807, 2.05) is 6.07 Å². The summed E-state index contributed by atoms with van der Waals surface area (Å²) in [6, 6.07) is 5.33. The topological polar surface area (TPSA) is 83.9 Å². The number of aliphatic carboxylic acids is 1. The fraction of sp³-hybridized carbons (Fsp3) is 0.133. The van der Waals surface area contributed by atoms with Gasteiger partial charge in [0.05, 0.1) is 8.48 Å². The number of carboxylic acids is 1. The molecule has 0 spiro atoms. The number of hydrogen-bond donors (Lipinski definition) is 1. The molecule has 120 valence electrons. The Balaban J connectivity index is 2.20. The Kier molecular flexibility index (Phi) is 5.83. The zero-order chi connectivity index (χ0) is 17.0. The Morgan fingerprint density at radius 2 is 2.17 bits per heavy atom. The van der Waals surface area contributed by atoms with Gasteiger partial charge < -0.3 is 9.84 Å². The molecular weight excluding hydrogens is 433 g/mol. The number of amides is 2. The van der Waals surface area contributed by atoms with Crippen LogP contribution < -0.4 is 4.74 Å². The molecule has 1 N–H and O–H groups in total. The van der Waals surface area contributed by atoms with Gasteiger partial charge in [-0.05, 0) is 58.1 Å². The average molecular weight is 445 g/mol. The zero-order valence-electron chi connectivity index (χ0n) is 11.8. The minimum atomic E-state index is -1.23. The van der Waals surface area contributed by atoms with Gasteiger partial charge in [0.2, 0.25) is 0 Å². The third kappa shape index (κ3) is 4.35. The minimum Gasteiger partial charge on any atom is -0.488 e. The van der Waals surface area contributed by atoms with Crippen molar-refractivity contribution in [1.29, 1.82) is 0 Å². The van der Waals surface area contributed by atoms with Crippen LogP contribution in [-0.2, 0) is 9.59 Å². The number of nitrogens with zero attached hydrogens (tertiary/aromatic N) is 1. The predicted molar refractivity (Wildman–Crippen MR) is 95.2 cm³/mol. The summed E-state index contributed by atoms with van der Waals surface area (Å²) in [7, 11) is 0. The SMILES string of the molecule is C=CCOc1ccc(/C=C2/SC(=O)N(CC(=O)O)C2=O)cc1I. The third-order valence-electron chi connectivity index (χ3n) is 2.78. The lowest BCUT2D eigenvalue weighted by Gasteiger charge is -2.08. The number of carbonyl (C=O) groups is 3. The van der Waals surface area contributed by atoms with E-state index >= 15 is 0 Å². The molecule has 0 radical (unpaired) electrons. The summed E-state index contributed by atoms with van der Waals surface area (Å²) >= 11 is 2.84. The molecule has 2 rings (SSSR count). The van der Waals surface area contributed by atoms with Crippen LogP contribution in [0.3, 0.4) is 0 Å². The molecule has 1 saturated heterocycles. The second kappa shape index (κ2) is 7.64. The molecule has 0 aliphatic carbocycles. The van der Waals surface area contributed by atoms with Crippen molar-refractivity contribution in [2.45, 2.75) is 0 Å². The highest BCUT2D eigenvalue weighted by Crippen LogP contribution is 2.33. The van der Waals surface area contributed by atoms with Crippen LogP contribution in [0.1, 0.15) is 5.56 Å². The highest BCUT2D eigenvalue weighted by molar-refractivity contribution is 14.1. The molecule has 0 aromatic heterocycles. The second-order valence-corrected chi connectivity index (χ2v) is 6.61. The molecule has 23 heavy (non-hydrogen) atoms. The molecule has 0 unspecified atom stereocenters. The van der Waals surface area contributed by atoms with Crippen LogP contribution in [0, 0.1) is 3.57 Å². The van der Waals surface area contributed by atoms with E-state index in [0.717, 1.165) is 20.9 Å². The summed E-state index contributed by atoms with van der Waals surface area (Å²) in [5, 5.41) is 8.15. The van der Waals surface area contributed by atoms with E-state index in [0.29, 0.717) is 17.3 Å². The van der Waals surface area contributed by atoms with E-state index in [1.165, 1.54) is 0 Å². The Morgan fingerprint density at radius 1 is 1.43 bits per heavy atom. The molecule has 1 aromatic rings. The van der Waals surface area contributed by atoms with Crippen LogP contribution in [-0.4, -0.2) is 40.3 Å². The normalized spacial score (nSPS) is 16.0. The molecule has 1 fully saturated rings. The van der Waals surface area contributed by atoms with Crippen molar-refractivity contribution in [2.75, 3.05) is 13.2 Å². The molecule has 0 atom stereocenters. The Morgan fingerprint density at radius 3 is 2.78 bits per heavy atom. The van der Waals surface area contributed by atoms with Gasteiger partial charge in [-0.3, -0.25) is 19.3 Å². The zero-order valence-corrected chi connectivity index (χ0v) is 14.8. The van der Waals surface area contributed by atoms with Crippen molar-refractivity contribution >= 4 is 57.5 Å². The van der Waals surface area contributed by atoms with E-state index < -0.39 is 23.7 Å². The molecule has 0 saturated carbocycles. The predicted octanol–water partition coefficient (Wildman–Crippen LogP) is 2.98. The van der Waals surface area contributed by atoms with Gasteiger partial charge >= 0.3 is 5.97 Å². The maximum atomic E-state index is 12.1. The molecule has 6 nitrogen and oxygen atoms in total. The van der Waals surface area contributed by atoms with E-state index in [9.17, 15) is 14.4 Å². The third-order valence-corrected chi connectivity index (χ3v) is 4.53. The van der Waals surface area contributed by atoms with Crippen LogP contribution in [0.25, 0.3) is 6.08 Å². The first-order valence-electron chi connectivity index (χ1n) is 6.42. The van der Waals surface area contributed by atoms with Crippen molar-refractivity contribution in [2.24, 2.45) is 0 Å². The van der Waals surface area contributed by atoms with Gasteiger partial charge in [-0.25, -0.2) is 0 Å². The largest absolute Gasteiger partial charge is 0.488 e. The van der Waals surface area contributed by atoms with Crippen LogP contribution in [0.15, 0.2) is 35.8 Å². The van der Waals surface area contributed by atoms with Crippen molar-refractivity contribution in [3.63, 3.8) is 0 Å². The Labute approximate surface area is 150 Å². The molecule has 8 heteroatoms. The molecule has 1 aliphatic rings. The fourth-order valence-electron chi connectivity index (χ4n) is 1.80. The standard InChI is InChI=1S/C15H12INO5S/c1-2-5-22-11-4-3-9(6-10(11)16)7-12-14(20)17(8-13(18)19)15(21)23-12/h2-4,6-7H,1,5,8H2,(H,18,19)/b12-7+. The van der Waals surface area contributed by atoms with Gasteiger partial charge in [-0.2, -0.15) is 0 Å². The first kappa shape index (κ1) is 17.5. The van der Waals surface area contributed by atoms with E-state index in [2.05, 4.69) is 29.2 Å². The molecule has 2 amide bonds. The average Bonchev–Trinajstić information content (AvgIpc) is 2.74. The summed E-state index contributed by atoms with van der Waals surface area (Å²) in [6.45, 7) is 3.34. The van der Waals surface area contributed by atoms with Gasteiger partial charge in [0, 0.05) is 0 Å². The van der Waals surface area contributed by atoms with Crippen LogP contribution in [0.4, 0.5) is 4.79 Å². The lowest BCUT2D eigenvalue weighted by atomic mass is 10.2. The van der Waals surface area contributed by atoms with E-state index in [4.69, 9.17) is 9.84 Å². The lowest BCUT2D eigenvalue weighted by Crippen LogP contribution is -2.33. The maximum absolute atomic E-state index is 12.1. The van der Waals surface area contributed by atoms with Gasteiger partial charge in [-0.15, -0.1) is 0 Å². The van der Waals surface area contributed by atoms with Crippen LogP contribution >= 0.6 is 34.4 Å². The number of ether oxygens (including phenoxy) is 1. The number of rotatable bonds is 6. The summed E-state index contributed by atoms with van der Waals surface area (Å²) in [5.41, 5.74) is 0.723. The lowest BCUT2D eigenvalue weighted by molar-refractivity contribution is -0.140. The number of imide groups is 1. The van der Waals surface area contributed by atoms with Crippen molar-refractivity contribution in [3.05, 3.63) is 44.9 Å². The number of benzene rings is 1. The molecule has 1 heterocycles. The Hall–Kier alpha value is -1.81. The van der Waals surface area contributed by atoms with Gasteiger partial charge in [-0.1, -0.05) is 18.7 Å². The quantitative estimate of drug-likeness (QED) is 0.412. The van der Waals surface area contributed by atoms with Gasteiger partial charge in [0.1, 0.15) is 18.9 Å². The molecule has 1 aliphatic heterocycles. The first-order valence-corrected chi connectivity index (χ1v) is 8.32. The van der Waals surface area contributed by atoms with E-state index in [-0.39, 0.29) is 4.91 Å². The van der Waals surface area contributed by atoms with Crippen LogP contribution in [0.2, 0.25) is 0 Å². The van der Waals surface area contributed by atoms with Crippen molar-refractivity contribution in [1.82, 2.24) is 4.90 Å². The minimum absolute atomic E-state index is 0.201. The summed E-state index contributed by atoms with van der Waals surface area (Å²) in [5.74, 6) is -1.13. The summed E-state index contributed by atoms with van der Waals surface area (Å²) in [4.78, 5) is 35.4. The van der Waals surface area contributed by atoms with Gasteiger partial charge in [0.15, 0.2) is 0 Å². The van der Waals surface area contributed by atoms with Gasteiger partial charge in [0.25, 0.3) is 11.1 Å². The number of halogens is 1. The Bertz CT molecular complexity index is 716. The second-order valence-electron chi connectivity index (χ2n) is 4.45. The monoisotopic (exact) mass is 445 g/mol. The number of carbonyl (C=O) groups excluding carboxylic acids is 2. The number of thioether (sulfide) groups is 1. The van der Waals surface area contributed by atoms with Crippen LogP contribution in [0.5, 0.6) is 5.75 Å². The molecular formula is C15H12INO5S. The highest BCUT2D eigenvalue weighted by Gasteiger charge is 2.36. The highest BCUT2D eigenvalue weighted by atomic mass is 127. The molecule has 0 bridgehead atoms. The van der Waals surface area contributed by atoms with Crippen molar-refractivity contribution in [3.8, 4) is 5.75 Å². The summed E-state index contributed by atoms with van der Waals surface area (Å²) < 4.78 is 6.31. The molecule has 1 aromatic carbocycles.